The molecule has 0 heterocycles. The van der Waals surface area contributed by atoms with Gasteiger partial charge in [-0.2, -0.15) is 0 Å². The second-order valence-electron chi connectivity index (χ2n) is 5.33. The topological polar surface area (TPSA) is 68.8 Å². The van der Waals surface area contributed by atoms with Gasteiger partial charge in [-0.25, -0.2) is 0 Å². The molecule has 0 unspecified atom stereocenters. The lowest BCUT2D eigenvalue weighted by atomic mass is 10.2. The van der Waals surface area contributed by atoms with Crippen molar-refractivity contribution in [3.63, 3.8) is 0 Å². The van der Waals surface area contributed by atoms with E-state index in [9.17, 15) is 4.79 Å². The number of nitrogens with one attached hydrogen (secondary N) is 2. The van der Waals surface area contributed by atoms with Gasteiger partial charge in [-0.05, 0) is 42.0 Å². The first-order chi connectivity index (χ1) is 12.2. The Balaban J connectivity index is 1.57. The van der Waals surface area contributed by atoms with Crippen molar-refractivity contribution in [1.82, 2.24) is 10.6 Å². The molecule has 2 N–H and O–H groups in total. The first-order valence-corrected chi connectivity index (χ1v) is 8.08. The second-order valence-corrected chi connectivity index (χ2v) is 5.33. The molecule has 0 aliphatic rings. The van der Waals surface area contributed by atoms with Crippen LogP contribution in [0.1, 0.15) is 5.56 Å². The fourth-order valence-corrected chi connectivity index (χ4v) is 2.16. The summed E-state index contributed by atoms with van der Waals surface area (Å²) < 4.78 is 15.7. The SMILES string of the molecule is COc1ccc(CNCC(=O)NCCOc2ccc(OC)cc2)cc1. The minimum Gasteiger partial charge on any atom is -0.497 e. The first-order valence-electron chi connectivity index (χ1n) is 8.08. The number of methoxy groups -OCH3 is 2. The predicted molar refractivity (Wildman–Crippen MR) is 96.2 cm³/mol. The Labute approximate surface area is 148 Å². The largest absolute Gasteiger partial charge is 0.497 e. The van der Waals surface area contributed by atoms with Crippen LogP contribution in [0.3, 0.4) is 0 Å². The van der Waals surface area contributed by atoms with Gasteiger partial charge in [-0.15, -0.1) is 0 Å². The van der Waals surface area contributed by atoms with Gasteiger partial charge < -0.3 is 24.8 Å². The Hall–Kier alpha value is -2.73. The van der Waals surface area contributed by atoms with Crippen LogP contribution in [0.25, 0.3) is 0 Å². The number of benzene rings is 2. The summed E-state index contributed by atoms with van der Waals surface area (Å²) in [5, 5.41) is 5.91. The lowest BCUT2D eigenvalue weighted by Gasteiger charge is -2.09. The number of rotatable bonds is 10. The molecule has 0 bridgehead atoms. The van der Waals surface area contributed by atoms with Crippen LogP contribution in [0.4, 0.5) is 0 Å². The van der Waals surface area contributed by atoms with Crippen LogP contribution >= 0.6 is 0 Å². The Morgan fingerprint density at radius 3 is 2.04 bits per heavy atom. The molecule has 2 aromatic rings. The minimum atomic E-state index is -0.0631. The van der Waals surface area contributed by atoms with E-state index in [1.54, 1.807) is 14.2 Å². The Kier molecular flexibility index (Phi) is 7.59. The van der Waals surface area contributed by atoms with Crippen molar-refractivity contribution < 1.29 is 19.0 Å². The molecule has 2 aromatic carbocycles. The highest BCUT2D eigenvalue weighted by Crippen LogP contribution is 2.16. The van der Waals surface area contributed by atoms with Crippen LogP contribution in [-0.4, -0.2) is 39.8 Å². The molecule has 0 aliphatic heterocycles. The van der Waals surface area contributed by atoms with Gasteiger partial charge in [0.2, 0.25) is 5.91 Å². The van der Waals surface area contributed by atoms with Crippen molar-refractivity contribution in [3.05, 3.63) is 54.1 Å². The summed E-state index contributed by atoms with van der Waals surface area (Å²) in [6, 6.07) is 15.0. The molecule has 0 fully saturated rings. The summed E-state index contributed by atoms with van der Waals surface area (Å²) in [6.07, 6.45) is 0. The number of ether oxygens (including phenoxy) is 3. The standard InChI is InChI=1S/C19H24N2O4/c1-23-16-5-3-15(4-6-16)13-20-14-19(22)21-11-12-25-18-9-7-17(24-2)8-10-18/h3-10,20H,11-14H2,1-2H3,(H,21,22). The van der Waals surface area contributed by atoms with E-state index in [-0.39, 0.29) is 12.5 Å². The Bertz CT molecular complexity index is 641. The molecule has 0 aromatic heterocycles. The van der Waals surface area contributed by atoms with Crippen LogP contribution in [0.5, 0.6) is 17.2 Å². The van der Waals surface area contributed by atoms with Crippen molar-refractivity contribution in [3.8, 4) is 17.2 Å². The maximum Gasteiger partial charge on any atom is 0.234 e. The number of hydrogen-bond donors (Lipinski definition) is 2. The summed E-state index contributed by atoms with van der Waals surface area (Å²) in [5.41, 5.74) is 1.09. The van der Waals surface area contributed by atoms with E-state index in [4.69, 9.17) is 14.2 Å². The van der Waals surface area contributed by atoms with E-state index in [1.807, 2.05) is 48.5 Å². The van der Waals surface area contributed by atoms with Crippen molar-refractivity contribution >= 4 is 5.91 Å². The van der Waals surface area contributed by atoms with E-state index in [0.717, 1.165) is 22.8 Å². The highest BCUT2D eigenvalue weighted by Gasteiger charge is 2.01. The lowest BCUT2D eigenvalue weighted by Crippen LogP contribution is -2.35. The number of carbonyl (C=O) groups is 1. The van der Waals surface area contributed by atoms with Crippen molar-refractivity contribution in [1.29, 1.82) is 0 Å². The van der Waals surface area contributed by atoms with Crippen LogP contribution < -0.4 is 24.8 Å². The van der Waals surface area contributed by atoms with Crippen molar-refractivity contribution in [2.45, 2.75) is 6.54 Å². The monoisotopic (exact) mass is 344 g/mol. The van der Waals surface area contributed by atoms with E-state index in [2.05, 4.69) is 10.6 Å². The van der Waals surface area contributed by atoms with E-state index in [1.165, 1.54) is 0 Å². The Morgan fingerprint density at radius 2 is 1.44 bits per heavy atom. The van der Waals surface area contributed by atoms with Gasteiger partial charge in [0.25, 0.3) is 0 Å². The van der Waals surface area contributed by atoms with Gasteiger partial charge in [0, 0.05) is 6.54 Å². The maximum absolute atomic E-state index is 11.8. The molecule has 134 valence electrons. The first kappa shape index (κ1) is 18.6. The highest BCUT2D eigenvalue weighted by atomic mass is 16.5. The minimum absolute atomic E-state index is 0.0631. The van der Waals surface area contributed by atoms with Gasteiger partial charge in [0.15, 0.2) is 0 Å². The quantitative estimate of drug-likeness (QED) is 0.645. The smallest absolute Gasteiger partial charge is 0.234 e. The fourth-order valence-electron chi connectivity index (χ4n) is 2.16. The third-order valence-electron chi connectivity index (χ3n) is 3.53. The number of amides is 1. The van der Waals surface area contributed by atoms with Crippen LogP contribution in [0, 0.1) is 0 Å². The third kappa shape index (κ3) is 6.73. The second kappa shape index (κ2) is 10.2. The molecule has 6 nitrogen and oxygen atoms in total. The molecule has 6 heteroatoms. The molecule has 1 amide bonds. The number of carbonyl (C=O) groups excluding carboxylic acids is 1. The molecule has 0 aliphatic carbocycles. The van der Waals surface area contributed by atoms with Gasteiger partial charge in [0.1, 0.15) is 23.9 Å². The summed E-state index contributed by atoms with van der Waals surface area (Å²) >= 11 is 0. The van der Waals surface area contributed by atoms with Crippen molar-refractivity contribution in [2.75, 3.05) is 33.9 Å². The molecule has 0 atom stereocenters. The van der Waals surface area contributed by atoms with Crippen molar-refractivity contribution in [2.24, 2.45) is 0 Å². The molecule has 0 saturated heterocycles. The molecule has 0 spiro atoms. The summed E-state index contributed by atoms with van der Waals surface area (Å²) in [6.45, 7) is 1.75. The zero-order valence-electron chi connectivity index (χ0n) is 14.6. The lowest BCUT2D eigenvalue weighted by molar-refractivity contribution is -0.120. The van der Waals surface area contributed by atoms with Gasteiger partial charge >= 0.3 is 0 Å². The molecule has 25 heavy (non-hydrogen) atoms. The van der Waals surface area contributed by atoms with E-state index < -0.39 is 0 Å². The number of hydrogen-bond acceptors (Lipinski definition) is 5. The summed E-state index contributed by atoms with van der Waals surface area (Å²) in [7, 11) is 3.25. The normalized spacial score (nSPS) is 10.2. The highest BCUT2D eigenvalue weighted by molar-refractivity contribution is 5.77. The Morgan fingerprint density at radius 1 is 0.880 bits per heavy atom. The predicted octanol–water partition coefficient (Wildman–Crippen LogP) is 1.99. The van der Waals surface area contributed by atoms with Crippen LogP contribution in [0.2, 0.25) is 0 Å². The summed E-state index contributed by atoms with van der Waals surface area (Å²) in [4.78, 5) is 11.8. The van der Waals surface area contributed by atoms with Gasteiger partial charge in [-0.3, -0.25) is 4.79 Å². The maximum atomic E-state index is 11.8. The van der Waals surface area contributed by atoms with E-state index in [0.29, 0.717) is 19.7 Å². The zero-order chi connectivity index (χ0) is 17.9. The molecule has 0 saturated carbocycles. The van der Waals surface area contributed by atoms with Crippen LogP contribution in [0.15, 0.2) is 48.5 Å². The fraction of sp³-hybridized carbons (Fsp3) is 0.316. The third-order valence-corrected chi connectivity index (χ3v) is 3.53. The molecule has 2 rings (SSSR count). The van der Waals surface area contributed by atoms with E-state index >= 15 is 0 Å². The average molecular weight is 344 g/mol. The van der Waals surface area contributed by atoms with Crippen LogP contribution in [-0.2, 0) is 11.3 Å². The van der Waals surface area contributed by atoms with Gasteiger partial charge in [-0.1, -0.05) is 12.1 Å². The van der Waals surface area contributed by atoms with Gasteiger partial charge in [0.05, 0.1) is 27.3 Å². The average Bonchev–Trinajstić information content (AvgIpc) is 2.66. The molecular weight excluding hydrogens is 320 g/mol. The zero-order valence-corrected chi connectivity index (χ0v) is 14.6. The molecular formula is C19H24N2O4. The summed E-state index contributed by atoms with van der Waals surface area (Å²) in [5.74, 6) is 2.28. The molecule has 0 radical (unpaired) electrons.